The van der Waals surface area contributed by atoms with Crippen LogP contribution in [0.5, 0.6) is 0 Å². The van der Waals surface area contributed by atoms with Gasteiger partial charge in [-0.2, -0.15) is 0 Å². The van der Waals surface area contributed by atoms with Crippen LogP contribution in [0.15, 0.2) is 0 Å². The number of likely N-dealkylation sites (N-methyl/N-ethyl adjacent to an activating group) is 1. The zero-order valence-electron chi connectivity index (χ0n) is 7.98. The third-order valence-electron chi connectivity index (χ3n) is 2.83. The van der Waals surface area contributed by atoms with E-state index >= 15 is 0 Å². The van der Waals surface area contributed by atoms with E-state index in [-0.39, 0.29) is 0 Å². The standard InChI is InChI=1S/C9H20N2/c1-4-7-11(3)9(2)5-6-10-8-9/h10H,4-8H2,1-3H3. The topological polar surface area (TPSA) is 15.3 Å². The van der Waals surface area contributed by atoms with E-state index in [4.69, 9.17) is 0 Å². The first-order chi connectivity index (χ1) is 5.19. The fraction of sp³-hybridized carbons (Fsp3) is 1.00. The molecule has 0 bridgehead atoms. The van der Waals surface area contributed by atoms with Crippen molar-refractivity contribution in [3.8, 4) is 0 Å². The maximum atomic E-state index is 3.41. The van der Waals surface area contributed by atoms with Gasteiger partial charge >= 0.3 is 0 Å². The second-order valence-corrected chi connectivity index (χ2v) is 3.85. The fourth-order valence-corrected chi connectivity index (χ4v) is 1.73. The van der Waals surface area contributed by atoms with Gasteiger partial charge < -0.3 is 5.32 Å². The summed E-state index contributed by atoms with van der Waals surface area (Å²) >= 11 is 0. The lowest BCUT2D eigenvalue weighted by molar-refractivity contribution is 0.157. The Kier molecular flexibility index (Phi) is 2.90. The van der Waals surface area contributed by atoms with E-state index in [9.17, 15) is 0 Å². The first kappa shape index (κ1) is 9.01. The van der Waals surface area contributed by atoms with Crippen LogP contribution in [0.2, 0.25) is 0 Å². The highest BCUT2D eigenvalue weighted by Gasteiger charge is 2.31. The summed E-state index contributed by atoms with van der Waals surface area (Å²) in [4.78, 5) is 2.48. The molecule has 1 unspecified atom stereocenters. The van der Waals surface area contributed by atoms with Crippen molar-refractivity contribution < 1.29 is 0 Å². The van der Waals surface area contributed by atoms with Crippen LogP contribution in [0.1, 0.15) is 26.7 Å². The van der Waals surface area contributed by atoms with E-state index in [2.05, 4.69) is 31.1 Å². The van der Waals surface area contributed by atoms with E-state index in [1.54, 1.807) is 0 Å². The minimum Gasteiger partial charge on any atom is -0.315 e. The maximum Gasteiger partial charge on any atom is 0.0314 e. The molecular weight excluding hydrogens is 136 g/mol. The van der Waals surface area contributed by atoms with Gasteiger partial charge in [-0.25, -0.2) is 0 Å². The van der Waals surface area contributed by atoms with E-state index in [1.807, 2.05) is 0 Å². The Morgan fingerprint density at radius 2 is 2.27 bits per heavy atom. The van der Waals surface area contributed by atoms with Gasteiger partial charge in [0.15, 0.2) is 0 Å². The van der Waals surface area contributed by atoms with Crippen molar-refractivity contribution >= 4 is 0 Å². The Morgan fingerprint density at radius 1 is 1.55 bits per heavy atom. The summed E-state index contributed by atoms with van der Waals surface area (Å²) in [6.07, 6.45) is 2.55. The number of hydrogen-bond donors (Lipinski definition) is 1. The molecule has 0 saturated carbocycles. The molecule has 1 rings (SSSR count). The predicted molar refractivity (Wildman–Crippen MR) is 48.8 cm³/mol. The van der Waals surface area contributed by atoms with E-state index in [0.29, 0.717) is 5.54 Å². The van der Waals surface area contributed by atoms with Crippen LogP contribution in [-0.4, -0.2) is 37.1 Å². The lowest BCUT2D eigenvalue weighted by Gasteiger charge is -2.34. The molecule has 1 saturated heterocycles. The van der Waals surface area contributed by atoms with Crippen molar-refractivity contribution in [3.63, 3.8) is 0 Å². The minimum absolute atomic E-state index is 0.427. The molecule has 11 heavy (non-hydrogen) atoms. The molecule has 1 aliphatic rings. The molecule has 1 aliphatic heterocycles. The molecule has 0 aromatic rings. The van der Waals surface area contributed by atoms with Crippen LogP contribution in [0.4, 0.5) is 0 Å². The first-order valence-corrected chi connectivity index (χ1v) is 4.61. The van der Waals surface area contributed by atoms with Gasteiger partial charge in [-0.15, -0.1) is 0 Å². The van der Waals surface area contributed by atoms with Gasteiger partial charge in [-0.1, -0.05) is 6.92 Å². The second kappa shape index (κ2) is 3.55. The Hall–Kier alpha value is -0.0800. The molecule has 2 nitrogen and oxygen atoms in total. The molecule has 0 aliphatic carbocycles. The Balaban J connectivity index is 2.42. The SMILES string of the molecule is CCCN(C)C1(C)CCNC1. The van der Waals surface area contributed by atoms with Crippen molar-refractivity contribution in [3.05, 3.63) is 0 Å². The summed E-state index contributed by atoms with van der Waals surface area (Å²) < 4.78 is 0. The lowest BCUT2D eigenvalue weighted by Crippen LogP contribution is -2.45. The predicted octanol–water partition coefficient (Wildman–Crippen LogP) is 1.08. The molecule has 66 valence electrons. The average Bonchev–Trinajstić information content (AvgIpc) is 2.38. The molecule has 0 aromatic carbocycles. The summed E-state index contributed by atoms with van der Waals surface area (Å²) in [7, 11) is 2.23. The summed E-state index contributed by atoms with van der Waals surface area (Å²) in [6, 6.07) is 0. The highest BCUT2D eigenvalue weighted by molar-refractivity contribution is 4.92. The van der Waals surface area contributed by atoms with Crippen LogP contribution >= 0.6 is 0 Å². The van der Waals surface area contributed by atoms with E-state index in [0.717, 1.165) is 6.54 Å². The van der Waals surface area contributed by atoms with Crippen LogP contribution in [0.3, 0.4) is 0 Å². The highest BCUT2D eigenvalue weighted by Crippen LogP contribution is 2.20. The van der Waals surface area contributed by atoms with Gasteiger partial charge in [-0.3, -0.25) is 4.90 Å². The Bertz CT molecular complexity index is 117. The number of nitrogens with zero attached hydrogens (tertiary/aromatic N) is 1. The van der Waals surface area contributed by atoms with Crippen molar-refractivity contribution in [2.45, 2.75) is 32.2 Å². The Labute approximate surface area is 70.0 Å². The van der Waals surface area contributed by atoms with Gasteiger partial charge in [0.25, 0.3) is 0 Å². The molecule has 0 spiro atoms. The zero-order valence-corrected chi connectivity index (χ0v) is 7.98. The summed E-state index contributed by atoms with van der Waals surface area (Å²) in [6.45, 7) is 8.15. The van der Waals surface area contributed by atoms with Crippen LogP contribution in [-0.2, 0) is 0 Å². The molecule has 0 aromatic heterocycles. The molecule has 1 N–H and O–H groups in total. The monoisotopic (exact) mass is 156 g/mol. The molecule has 0 radical (unpaired) electrons. The lowest BCUT2D eigenvalue weighted by atomic mass is 9.99. The average molecular weight is 156 g/mol. The largest absolute Gasteiger partial charge is 0.315 e. The zero-order chi connectivity index (χ0) is 8.32. The third kappa shape index (κ3) is 1.94. The summed E-state index contributed by atoms with van der Waals surface area (Å²) in [5.74, 6) is 0. The van der Waals surface area contributed by atoms with Gasteiger partial charge in [0.05, 0.1) is 0 Å². The normalized spacial score (nSPS) is 31.6. The molecule has 1 fully saturated rings. The van der Waals surface area contributed by atoms with Gasteiger partial charge in [0.1, 0.15) is 0 Å². The maximum absolute atomic E-state index is 3.41. The smallest absolute Gasteiger partial charge is 0.0314 e. The van der Waals surface area contributed by atoms with Crippen molar-refractivity contribution in [1.29, 1.82) is 0 Å². The Morgan fingerprint density at radius 3 is 2.73 bits per heavy atom. The summed E-state index contributed by atoms with van der Waals surface area (Å²) in [5, 5.41) is 3.41. The minimum atomic E-state index is 0.427. The molecule has 1 heterocycles. The van der Waals surface area contributed by atoms with E-state index < -0.39 is 0 Å². The highest BCUT2D eigenvalue weighted by atomic mass is 15.2. The molecule has 1 atom stereocenters. The molecular formula is C9H20N2. The van der Waals surface area contributed by atoms with Crippen LogP contribution < -0.4 is 5.32 Å². The fourth-order valence-electron chi connectivity index (χ4n) is 1.73. The first-order valence-electron chi connectivity index (χ1n) is 4.61. The van der Waals surface area contributed by atoms with Crippen molar-refractivity contribution in [2.75, 3.05) is 26.7 Å². The van der Waals surface area contributed by atoms with Crippen molar-refractivity contribution in [2.24, 2.45) is 0 Å². The van der Waals surface area contributed by atoms with Gasteiger partial charge in [0.2, 0.25) is 0 Å². The summed E-state index contributed by atoms with van der Waals surface area (Å²) in [5.41, 5.74) is 0.427. The van der Waals surface area contributed by atoms with Crippen molar-refractivity contribution in [1.82, 2.24) is 10.2 Å². The van der Waals surface area contributed by atoms with E-state index in [1.165, 1.54) is 25.9 Å². The van der Waals surface area contributed by atoms with Gasteiger partial charge in [-0.05, 0) is 39.9 Å². The second-order valence-electron chi connectivity index (χ2n) is 3.85. The molecule has 0 amide bonds. The molecule has 2 heteroatoms. The number of nitrogens with one attached hydrogen (secondary N) is 1. The van der Waals surface area contributed by atoms with Gasteiger partial charge in [0, 0.05) is 12.1 Å². The number of hydrogen-bond acceptors (Lipinski definition) is 2. The quantitative estimate of drug-likeness (QED) is 0.658. The van der Waals surface area contributed by atoms with Crippen LogP contribution in [0.25, 0.3) is 0 Å². The van der Waals surface area contributed by atoms with Crippen LogP contribution in [0, 0.1) is 0 Å². The number of rotatable bonds is 3. The third-order valence-corrected chi connectivity index (χ3v) is 2.83.